The van der Waals surface area contributed by atoms with Crippen molar-refractivity contribution in [1.29, 1.82) is 0 Å². The van der Waals surface area contributed by atoms with Crippen LogP contribution in [-0.2, 0) is 16.0 Å². The zero-order valence-electron chi connectivity index (χ0n) is 19.0. The van der Waals surface area contributed by atoms with E-state index in [-0.39, 0.29) is 12.2 Å². The molecule has 0 saturated heterocycles. The van der Waals surface area contributed by atoms with Crippen LogP contribution in [0.15, 0.2) is 65.2 Å². The minimum absolute atomic E-state index is 0.0300. The zero-order valence-corrected chi connectivity index (χ0v) is 19.7. The molecular weight excluding hydrogens is 468 g/mol. The molecule has 3 aromatic carbocycles. The number of aromatic nitrogens is 1. The van der Waals surface area contributed by atoms with Gasteiger partial charge in [-0.15, -0.1) is 0 Å². The lowest BCUT2D eigenvalue weighted by Crippen LogP contribution is -2.17. The Balaban J connectivity index is 1.50. The summed E-state index contributed by atoms with van der Waals surface area (Å²) >= 11 is 6.18. The number of carbonyl (C=O) groups excluding carboxylic acids is 1. The van der Waals surface area contributed by atoms with Crippen LogP contribution >= 0.6 is 11.6 Å². The molecule has 0 saturated carbocycles. The van der Waals surface area contributed by atoms with E-state index in [9.17, 15) is 9.59 Å². The number of hydrogen-bond acceptors (Lipinski definition) is 5. The summed E-state index contributed by atoms with van der Waals surface area (Å²) in [4.78, 5) is 23.4. The van der Waals surface area contributed by atoms with Crippen molar-refractivity contribution >= 4 is 40.1 Å². The summed E-state index contributed by atoms with van der Waals surface area (Å²) in [6, 6.07) is 18.2. The summed E-state index contributed by atoms with van der Waals surface area (Å²) in [6.07, 6.45) is -1.28. The minimum Gasteiger partial charge on any atom is -0.481 e. The first kappa shape index (κ1) is 23.9. The van der Waals surface area contributed by atoms with Gasteiger partial charge in [-0.1, -0.05) is 65.1 Å². The molecule has 2 N–H and O–H groups in total. The summed E-state index contributed by atoms with van der Waals surface area (Å²) in [5.41, 5.74) is 2.93. The number of carboxylic acid groups (broad SMARTS) is 1. The maximum absolute atomic E-state index is 12.5. The monoisotopic (exact) mass is 488 g/mol. The van der Waals surface area contributed by atoms with Crippen molar-refractivity contribution in [2.24, 2.45) is 0 Å². The average Bonchev–Trinajstić information content (AvgIpc) is 3.16. The Hall–Kier alpha value is -4.28. The van der Waals surface area contributed by atoms with Gasteiger partial charge in [-0.25, -0.2) is 4.79 Å². The summed E-state index contributed by atoms with van der Waals surface area (Å²) in [6.45, 7) is 3.42. The SMILES string of the molecule is Cc1noc(C#Cc2ccc3cc(CC(=O)O)ccc3c2)c1NC(=O)O[C@H](C)c1ccccc1Cl. The number of carbonyl (C=O) groups is 2. The van der Waals surface area contributed by atoms with Crippen LogP contribution in [0.1, 0.15) is 41.2 Å². The molecule has 0 aliphatic carbocycles. The highest BCUT2D eigenvalue weighted by Gasteiger charge is 2.19. The van der Waals surface area contributed by atoms with Crippen LogP contribution in [-0.4, -0.2) is 22.3 Å². The number of amides is 1. The standard InChI is InChI=1S/C27H21ClN2O5/c1-16-26(29-27(33)34-17(2)22-5-3-4-6-23(22)28)24(35-30-16)12-9-18-7-10-21-14-19(15-25(31)32)8-11-20(21)13-18/h3-8,10-11,13-14,17H,15H2,1-2H3,(H,29,33)(H,31,32)/t17-/m1/s1. The van der Waals surface area contributed by atoms with Gasteiger partial charge in [0.05, 0.1) is 6.42 Å². The summed E-state index contributed by atoms with van der Waals surface area (Å²) in [7, 11) is 0. The lowest BCUT2D eigenvalue weighted by Gasteiger charge is -2.15. The molecule has 0 spiro atoms. The number of nitrogens with zero attached hydrogens (tertiary/aromatic N) is 1. The number of anilines is 1. The molecule has 8 heteroatoms. The molecule has 0 unspecified atom stereocenters. The number of halogens is 1. The van der Waals surface area contributed by atoms with E-state index in [1.165, 1.54) is 0 Å². The number of nitrogens with one attached hydrogen (secondary N) is 1. The molecule has 35 heavy (non-hydrogen) atoms. The van der Waals surface area contributed by atoms with E-state index in [2.05, 4.69) is 22.3 Å². The normalized spacial score (nSPS) is 11.4. The Morgan fingerprint density at radius 2 is 1.86 bits per heavy atom. The van der Waals surface area contributed by atoms with Crippen molar-refractivity contribution in [2.45, 2.75) is 26.4 Å². The summed E-state index contributed by atoms with van der Waals surface area (Å²) in [5.74, 6) is 5.24. The fourth-order valence-corrected chi connectivity index (χ4v) is 3.84. The van der Waals surface area contributed by atoms with E-state index in [0.29, 0.717) is 22.0 Å². The van der Waals surface area contributed by atoms with Gasteiger partial charge >= 0.3 is 12.1 Å². The van der Waals surface area contributed by atoms with Crippen LogP contribution in [0.2, 0.25) is 5.02 Å². The highest BCUT2D eigenvalue weighted by Crippen LogP contribution is 2.26. The van der Waals surface area contributed by atoms with E-state index >= 15 is 0 Å². The van der Waals surface area contributed by atoms with Gasteiger partial charge in [0.15, 0.2) is 0 Å². The zero-order chi connectivity index (χ0) is 24.9. The van der Waals surface area contributed by atoms with Crippen molar-refractivity contribution in [1.82, 2.24) is 5.16 Å². The van der Waals surface area contributed by atoms with Crippen LogP contribution in [0.3, 0.4) is 0 Å². The molecule has 0 radical (unpaired) electrons. The molecule has 0 bridgehead atoms. The Morgan fingerprint density at radius 3 is 2.63 bits per heavy atom. The van der Waals surface area contributed by atoms with E-state index in [4.69, 9.17) is 26.0 Å². The topological polar surface area (TPSA) is 102 Å². The number of hydrogen-bond donors (Lipinski definition) is 2. The van der Waals surface area contributed by atoms with E-state index in [1.807, 2.05) is 36.4 Å². The number of aryl methyl sites for hydroxylation is 1. The second-order valence-electron chi connectivity index (χ2n) is 7.88. The lowest BCUT2D eigenvalue weighted by molar-refractivity contribution is -0.136. The van der Waals surface area contributed by atoms with Crippen molar-refractivity contribution < 1.29 is 24.0 Å². The molecule has 7 nitrogen and oxygen atoms in total. The van der Waals surface area contributed by atoms with E-state index in [1.54, 1.807) is 38.1 Å². The molecule has 1 atom stereocenters. The third-order valence-electron chi connectivity index (χ3n) is 5.30. The second kappa shape index (κ2) is 10.3. The number of fused-ring (bicyclic) bond motifs is 1. The van der Waals surface area contributed by atoms with Gasteiger partial charge in [-0.05, 0) is 54.3 Å². The summed E-state index contributed by atoms with van der Waals surface area (Å²) in [5, 5.41) is 17.9. The Kier molecular flexibility index (Phi) is 7.04. The number of rotatable bonds is 5. The molecule has 0 aliphatic heterocycles. The van der Waals surface area contributed by atoms with E-state index < -0.39 is 18.2 Å². The van der Waals surface area contributed by atoms with Crippen molar-refractivity contribution in [2.75, 3.05) is 5.32 Å². The third kappa shape index (κ3) is 5.81. The van der Waals surface area contributed by atoms with Crippen LogP contribution in [0, 0.1) is 18.8 Å². The van der Waals surface area contributed by atoms with Gasteiger partial charge in [0, 0.05) is 16.1 Å². The lowest BCUT2D eigenvalue weighted by atomic mass is 10.0. The number of aliphatic carboxylic acids is 1. The first-order chi connectivity index (χ1) is 16.8. The quantitative estimate of drug-likeness (QED) is 0.328. The van der Waals surface area contributed by atoms with Gasteiger partial charge in [0.2, 0.25) is 5.76 Å². The molecule has 1 heterocycles. The third-order valence-corrected chi connectivity index (χ3v) is 5.64. The average molecular weight is 489 g/mol. The van der Waals surface area contributed by atoms with Gasteiger partial charge in [0.1, 0.15) is 17.5 Å². The maximum Gasteiger partial charge on any atom is 0.412 e. The fraction of sp³-hybridized carbons (Fsp3) is 0.148. The van der Waals surface area contributed by atoms with Crippen LogP contribution < -0.4 is 5.32 Å². The van der Waals surface area contributed by atoms with Crippen molar-refractivity contribution in [3.8, 4) is 11.8 Å². The largest absolute Gasteiger partial charge is 0.481 e. The predicted molar refractivity (Wildman–Crippen MR) is 132 cm³/mol. The Labute approximate surface area is 206 Å². The predicted octanol–water partition coefficient (Wildman–Crippen LogP) is 6.13. The Morgan fingerprint density at radius 1 is 1.11 bits per heavy atom. The van der Waals surface area contributed by atoms with Crippen molar-refractivity contribution in [3.63, 3.8) is 0 Å². The Bertz CT molecular complexity index is 1480. The van der Waals surface area contributed by atoms with Crippen molar-refractivity contribution in [3.05, 3.63) is 93.8 Å². The highest BCUT2D eigenvalue weighted by atomic mass is 35.5. The fourth-order valence-electron chi connectivity index (χ4n) is 3.55. The summed E-state index contributed by atoms with van der Waals surface area (Å²) < 4.78 is 10.8. The van der Waals surface area contributed by atoms with Gasteiger partial charge in [0.25, 0.3) is 0 Å². The minimum atomic E-state index is -0.874. The van der Waals surface area contributed by atoms with Crippen LogP contribution in [0.5, 0.6) is 0 Å². The smallest absolute Gasteiger partial charge is 0.412 e. The molecule has 1 amide bonds. The first-order valence-electron chi connectivity index (χ1n) is 10.7. The molecule has 0 aliphatic rings. The molecular formula is C27H21ClN2O5. The molecule has 1 aromatic heterocycles. The first-order valence-corrected chi connectivity index (χ1v) is 11.1. The second-order valence-corrected chi connectivity index (χ2v) is 8.29. The van der Waals surface area contributed by atoms with Gasteiger partial charge in [-0.2, -0.15) is 0 Å². The highest BCUT2D eigenvalue weighted by molar-refractivity contribution is 6.31. The maximum atomic E-state index is 12.5. The van der Waals surface area contributed by atoms with Gasteiger partial charge < -0.3 is 14.4 Å². The van der Waals surface area contributed by atoms with Crippen LogP contribution in [0.25, 0.3) is 10.8 Å². The number of carboxylic acids is 1. The number of benzene rings is 3. The molecule has 0 fully saturated rings. The number of ether oxygens (including phenoxy) is 1. The molecule has 176 valence electrons. The van der Waals surface area contributed by atoms with E-state index in [0.717, 1.165) is 21.9 Å². The molecule has 4 rings (SSSR count). The van der Waals surface area contributed by atoms with Gasteiger partial charge in [-0.3, -0.25) is 10.1 Å². The molecule has 4 aromatic rings. The van der Waals surface area contributed by atoms with Crippen LogP contribution in [0.4, 0.5) is 10.5 Å².